The molecule has 2 heterocycles. The first-order valence-electron chi connectivity index (χ1n) is 10.4. The van der Waals surface area contributed by atoms with Crippen LogP contribution in [0.2, 0.25) is 5.02 Å². The second-order valence-corrected chi connectivity index (χ2v) is 9.67. The van der Waals surface area contributed by atoms with Crippen LogP contribution >= 0.6 is 11.6 Å². The molecule has 192 valence electrons. The van der Waals surface area contributed by atoms with Gasteiger partial charge in [-0.05, 0) is 54.1 Å². The second kappa shape index (κ2) is 10.6. The number of nitrogens with zero attached hydrogens (tertiary/aromatic N) is 3. The first-order chi connectivity index (χ1) is 17.5. The summed E-state index contributed by atoms with van der Waals surface area (Å²) in [6, 6.07) is 13.9. The third-order valence-corrected chi connectivity index (χ3v) is 6.51. The zero-order valence-corrected chi connectivity index (χ0v) is 20.2. The number of carbonyl (C=O) groups is 1. The van der Waals surface area contributed by atoms with Crippen LogP contribution in [0.5, 0.6) is 5.75 Å². The Morgan fingerprint density at radius 3 is 2.49 bits per heavy atom. The molecule has 0 atom stereocenters. The number of halogens is 4. The molecule has 1 amide bonds. The van der Waals surface area contributed by atoms with E-state index in [0.717, 1.165) is 12.3 Å². The minimum Gasteiger partial charge on any atom is -0.406 e. The minimum atomic E-state index is -4.92. The number of hydrogen-bond donors (Lipinski definition) is 2. The molecule has 0 spiro atoms. The molecule has 0 aliphatic rings. The maximum Gasteiger partial charge on any atom is 0.437 e. The van der Waals surface area contributed by atoms with Crippen LogP contribution in [0.4, 0.5) is 23.7 Å². The largest absolute Gasteiger partial charge is 0.437 e. The highest BCUT2D eigenvalue weighted by Crippen LogP contribution is 2.38. The molecule has 4 rings (SSSR count). The molecule has 0 saturated heterocycles. The first-order valence-corrected chi connectivity index (χ1v) is 12.3. The van der Waals surface area contributed by atoms with Gasteiger partial charge in [0.1, 0.15) is 0 Å². The fourth-order valence-electron chi connectivity index (χ4n) is 3.19. The number of rotatable bonds is 7. The van der Waals surface area contributed by atoms with Crippen LogP contribution in [-0.4, -0.2) is 29.3 Å². The predicted molar refractivity (Wildman–Crippen MR) is 128 cm³/mol. The molecule has 2 aromatic heterocycles. The van der Waals surface area contributed by atoms with Crippen LogP contribution in [0, 0.1) is 0 Å². The Hall–Kier alpha value is -3.94. The van der Waals surface area contributed by atoms with E-state index in [9.17, 15) is 26.4 Å². The van der Waals surface area contributed by atoms with Gasteiger partial charge in [0.05, 0.1) is 16.8 Å². The topological polar surface area (TPSA) is 115 Å². The standard InChI is InChI=1S/C23H17ClF3N5O4S/c24-16-6-8-18(9-7-16)32-21(23(25,26)27)20(14-29-32)36-22(33)31-17-4-1-5-19(11-17)37(34,35)30-13-15-3-2-10-28-12-15/h1-12,14,30H,13H2,(H,31,33). The van der Waals surface area contributed by atoms with Gasteiger partial charge in [-0.15, -0.1) is 0 Å². The Labute approximate surface area is 213 Å². The summed E-state index contributed by atoms with van der Waals surface area (Å²) in [6.45, 7) is -0.0201. The fourth-order valence-corrected chi connectivity index (χ4v) is 4.38. The van der Waals surface area contributed by atoms with Crippen molar-refractivity contribution >= 4 is 33.4 Å². The number of nitrogens with one attached hydrogen (secondary N) is 2. The summed E-state index contributed by atoms with van der Waals surface area (Å²) in [5, 5.41) is 6.23. The second-order valence-electron chi connectivity index (χ2n) is 7.47. The molecule has 0 aliphatic carbocycles. The highest BCUT2D eigenvalue weighted by Gasteiger charge is 2.40. The van der Waals surface area contributed by atoms with E-state index in [0.29, 0.717) is 15.3 Å². The van der Waals surface area contributed by atoms with Gasteiger partial charge < -0.3 is 4.74 Å². The summed E-state index contributed by atoms with van der Waals surface area (Å²) in [6.07, 6.45) is -2.40. The number of amides is 1. The van der Waals surface area contributed by atoms with Gasteiger partial charge >= 0.3 is 12.3 Å². The number of pyridine rings is 1. The van der Waals surface area contributed by atoms with E-state index < -0.39 is 33.7 Å². The van der Waals surface area contributed by atoms with Crippen molar-refractivity contribution in [2.45, 2.75) is 17.6 Å². The van der Waals surface area contributed by atoms with E-state index in [2.05, 4.69) is 20.1 Å². The number of sulfonamides is 1. The Bertz CT molecular complexity index is 1510. The highest BCUT2D eigenvalue weighted by molar-refractivity contribution is 7.89. The average molecular weight is 552 g/mol. The van der Waals surface area contributed by atoms with Crippen LogP contribution in [0.25, 0.3) is 5.69 Å². The Morgan fingerprint density at radius 2 is 1.81 bits per heavy atom. The first kappa shape index (κ1) is 26.1. The molecule has 0 saturated carbocycles. The van der Waals surface area contributed by atoms with Crippen molar-refractivity contribution in [1.29, 1.82) is 0 Å². The van der Waals surface area contributed by atoms with Crippen molar-refractivity contribution in [3.05, 3.63) is 95.5 Å². The Morgan fingerprint density at radius 1 is 1.05 bits per heavy atom. The number of alkyl halides is 3. The summed E-state index contributed by atoms with van der Waals surface area (Å²) < 4.78 is 74.5. The lowest BCUT2D eigenvalue weighted by Crippen LogP contribution is -2.24. The summed E-state index contributed by atoms with van der Waals surface area (Å²) in [7, 11) is -3.97. The fraction of sp³-hybridized carbons (Fsp3) is 0.0870. The summed E-state index contributed by atoms with van der Waals surface area (Å²) >= 11 is 5.79. The van der Waals surface area contributed by atoms with E-state index in [1.54, 1.807) is 18.3 Å². The normalized spacial score (nSPS) is 11.8. The van der Waals surface area contributed by atoms with Gasteiger partial charge in [-0.2, -0.15) is 18.3 Å². The molecule has 0 radical (unpaired) electrons. The van der Waals surface area contributed by atoms with Gasteiger partial charge in [0.2, 0.25) is 10.0 Å². The van der Waals surface area contributed by atoms with Crippen molar-refractivity contribution in [3.8, 4) is 11.4 Å². The van der Waals surface area contributed by atoms with E-state index in [1.807, 2.05) is 0 Å². The van der Waals surface area contributed by atoms with Gasteiger partial charge in [0.15, 0.2) is 11.4 Å². The van der Waals surface area contributed by atoms with Gasteiger partial charge in [0.25, 0.3) is 0 Å². The predicted octanol–water partition coefficient (Wildman–Crippen LogP) is 5.03. The molecule has 2 N–H and O–H groups in total. The van der Waals surface area contributed by atoms with E-state index in [1.165, 1.54) is 48.7 Å². The lowest BCUT2D eigenvalue weighted by atomic mass is 10.3. The van der Waals surface area contributed by atoms with Crippen molar-refractivity contribution in [2.75, 3.05) is 5.32 Å². The van der Waals surface area contributed by atoms with Crippen molar-refractivity contribution < 1.29 is 31.1 Å². The molecule has 0 unspecified atom stereocenters. The third kappa shape index (κ3) is 6.44. The zero-order valence-electron chi connectivity index (χ0n) is 18.6. The molecule has 0 fully saturated rings. The van der Waals surface area contributed by atoms with Crippen LogP contribution in [0.3, 0.4) is 0 Å². The molecule has 14 heteroatoms. The summed E-state index contributed by atoms with van der Waals surface area (Å²) in [5.74, 6) is -0.845. The van der Waals surface area contributed by atoms with Crippen LogP contribution in [0.15, 0.2) is 84.1 Å². The van der Waals surface area contributed by atoms with Crippen molar-refractivity contribution in [1.82, 2.24) is 19.5 Å². The van der Waals surface area contributed by atoms with E-state index in [4.69, 9.17) is 16.3 Å². The number of benzene rings is 2. The van der Waals surface area contributed by atoms with Gasteiger partial charge in [-0.1, -0.05) is 23.7 Å². The summed E-state index contributed by atoms with van der Waals surface area (Å²) in [4.78, 5) is 16.1. The van der Waals surface area contributed by atoms with Gasteiger partial charge in [-0.25, -0.2) is 22.6 Å². The average Bonchev–Trinajstić information content (AvgIpc) is 3.28. The molecule has 2 aromatic carbocycles. The molecular weight excluding hydrogens is 535 g/mol. The van der Waals surface area contributed by atoms with Gasteiger partial charge in [-0.3, -0.25) is 10.3 Å². The lowest BCUT2D eigenvalue weighted by molar-refractivity contribution is -0.143. The smallest absolute Gasteiger partial charge is 0.406 e. The lowest BCUT2D eigenvalue weighted by Gasteiger charge is -2.13. The number of aromatic nitrogens is 3. The Balaban J connectivity index is 1.50. The maximum absolute atomic E-state index is 13.8. The van der Waals surface area contributed by atoms with Gasteiger partial charge in [0, 0.05) is 29.6 Å². The number of carbonyl (C=O) groups excluding carboxylic acids is 1. The Kier molecular flexibility index (Phi) is 7.47. The van der Waals surface area contributed by atoms with Crippen molar-refractivity contribution in [2.24, 2.45) is 0 Å². The summed E-state index contributed by atoms with van der Waals surface area (Å²) in [5.41, 5.74) is -0.666. The van der Waals surface area contributed by atoms with Crippen LogP contribution in [0.1, 0.15) is 11.3 Å². The van der Waals surface area contributed by atoms with E-state index in [-0.39, 0.29) is 22.8 Å². The van der Waals surface area contributed by atoms with Crippen molar-refractivity contribution in [3.63, 3.8) is 0 Å². The molecule has 4 aromatic rings. The number of ether oxygens (including phenoxy) is 1. The zero-order chi connectivity index (χ0) is 26.6. The number of hydrogen-bond acceptors (Lipinski definition) is 6. The highest BCUT2D eigenvalue weighted by atomic mass is 35.5. The quantitative estimate of drug-likeness (QED) is 0.333. The SMILES string of the molecule is O=C(Nc1cccc(S(=O)(=O)NCc2cccnc2)c1)Oc1cnn(-c2ccc(Cl)cc2)c1C(F)(F)F. The monoisotopic (exact) mass is 551 g/mol. The maximum atomic E-state index is 13.8. The molecule has 9 nitrogen and oxygen atoms in total. The molecule has 37 heavy (non-hydrogen) atoms. The minimum absolute atomic E-state index is 0.0201. The number of anilines is 1. The molecule has 0 bridgehead atoms. The van der Waals surface area contributed by atoms with Crippen LogP contribution < -0.4 is 14.8 Å². The molecular formula is C23H17ClF3N5O4S. The van der Waals surface area contributed by atoms with Crippen LogP contribution in [-0.2, 0) is 22.7 Å². The van der Waals surface area contributed by atoms with E-state index >= 15 is 0 Å². The third-order valence-electron chi connectivity index (χ3n) is 4.86. The molecule has 0 aliphatic heterocycles.